The number of nitrogens with two attached hydrogens (primary N) is 1. The number of rotatable bonds is 6. The molecule has 25 heavy (non-hydrogen) atoms. The van der Waals surface area contributed by atoms with Crippen LogP contribution < -0.4 is 11.3 Å². The molecule has 0 fully saturated rings. The molecule has 0 saturated carbocycles. The Bertz CT molecular complexity index is 992. The van der Waals surface area contributed by atoms with Crippen LogP contribution >= 0.6 is 23.1 Å². The second-order valence-corrected chi connectivity index (χ2v) is 7.86. The summed E-state index contributed by atoms with van der Waals surface area (Å²) in [6, 6.07) is 6.21. The molecular weight excluding hydrogens is 354 g/mol. The predicted octanol–water partition coefficient (Wildman–Crippen LogP) is 3.63. The van der Waals surface area contributed by atoms with Crippen molar-refractivity contribution in [1.29, 1.82) is 0 Å². The van der Waals surface area contributed by atoms with E-state index < -0.39 is 0 Å². The summed E-state index contributed by atoms with van der Waals surface area (Å²) in [7, 11) is 0. The second-order valence-electron chi connectivity index (χ2n) is 5.92. The summed E-state index contributed by atoms with van der Waals surface area (Å²) in [4.78, 5) is 31.5. The van der Waals surface area contributed by atoms with Gasteiger partial charge in [-0.25, -0.2) is 4.98 Å². The zero-order valence-corrected chi connectivity index (χ0v) is 15.7. The molecule has 3 aromatic rings. The van der Waals surface area contributed by atoms with E-state index in [0.29, 0.717) is 29.1 Å². The molecule has 0 radical (unpaired) electrons. The van der Waals surface area contributed by atoms with E-state index in [9.17, 15) is 9.59 Å². The van der Waals surface area contributed by atoms with Crippen molar-refractivity contribution in [2.24, 2.45) is 5.73 Å². The van der Waals surface area contributed by atoms with Crippen LogP contribution in [0.25, 0.3) is 21.3 Å². The number of aromatic nitrogens is 2. The van der Waals surface area contributed by atoms with Crippen LogP contribution in [0.4, 0.5) is 0 Å². The normalized spacial score (nSPS) is 11.1. The number of H-pyrrole nitrogens is 1. The summed E-state index contributed by atoms with van der Waals surface area (Å²) in [6.45, 7) is 4.14. The fourth-order valence-electron chi connectivity index (χ4n) is 2.53. The van der Waals surface area contributed by atoms with Crippen LogP contribution in [0.1, 0.15) is 24.0 Å². The first-order valence-corrected chi connectivity index (χ1v) is 9.82. The standard InChI is InChI=1S/C18H19N3O2S2/c1-10-5-6-12(8-11(10)2)13-9-25-17-15(13)16(23)20-18(21-17)24-7-3-4-14(19)22/h5-6,8-9H,3-4,7H2,1-2H3,(H2,19,22)(H,20,21,23). The number of nitrogens with one attached hydrogen (secondary N) is 1. The molecule has 0 aliphatic rings. The average Bonchev–Trinajstić information content (AvgIpc) is 2.98. The van der Waals surface area contributed by atoms with Crippen LogP contribution in [0, 0.1) is 13.8 Å². The van der Waals surface area contributed by atoms with Crippen molar-refractivity contribution < 1.29 is 4.79 Å². The Balaban J connectivity index is 1.90. The predicted molar refractivity (Wildman–Crippen MR) is 104 cm³/mol. The third kappa shape index (κ3) is 3.93. The first kappa shape index (κ1) is 17.7. The molecule has 0 saturated heterocycles. The van der Waals surface area contributed by atoms with E-state index in [1.807, 2.05) is 11.4 Å². The van der Waals surface area contributed by atoms with E-state index in [4.69, 9.17) is 5.73 Å². The van der Waals surface area contributed by atoms with Crippen molar-refractivity contribution >= 4 is 39.2 Å². The minimum Gasteiger partial charge on any atom is -0.370 e. The molecular formula is C18H19N3O2S2. The number of amides is 1. The number of fused-ring (bicyclic) bond motifs is 1. The van der Waals surface area contributed by atoms with Gasteiger partial charge in [-0.1, -0.05) is 30.0 Å². The summed E-state index contributed by atoms with van der Waals surface area (Å²) >= 11 is 2.91. The van der Waals surface area contributed by atoms with Gasteiger partial charge in [0.05, 0.1) is 5.39 Å². The first-order valence-electron chi connectivity index (χ1n) is 7.96. The van der Waals surface area contributed by atoms with Crippen LogP contribution in [-0.4, -0.2) is 21.6 Å². The average molecular weight is 374 g/mol. The molecule has 0 unspecified atom stereocenters. The number of hydrogen-bond acceptors (Lipinski definition) is 5. The Morgan fingerprint density at radius 2 is 2.12 bits per heavy atom. The molecule has 0 aliphatic carbocycles. The number of aryl methyl sites for hydroxylation is 2. The second kappa shape index (κ2) is 7.41. The molecule has 3 rings (SSSR count). The van der Waals surface area contributed by atoms with Gasteiger partial charge in [0.2, 0.25) is 5.91 Å². The summed E-state index contributed by atoms with van der Waals surface area (Å²) < 4.78 is 0. The minimum atomic E-state index is -0.311. The lowest BCUT2D eigenvalue weighted by Crippen LogP contribution is -2.11. The van der Waals surface area contributed by atoms with Gasteiger partial charge in [-0.15, -0.1) is 11.3 Å². The zero-order valence-electron chi connectivity index (χ0n) is 14.1. The molecule has 7 heteroatoms. The zero-order chi connectivity index (χ0) is 18.0. The SMILES string of the molecule is Cc1ccc(-c2csc3nc(SCCCC(N)=O)[nH]c(=O)c23)cc1C. The Morgan fingerprint density at radius 3 is 2.84 bits per heavy atom. The number of nitrogens with zero attached hydrogens (tertiary/aromatic N) is 1. The van der Waals surface area contributed by atoms with Gasteiger partial charge in [-0.05, 0) is 37.0 Å². The Hall–Kier alpha value is -2.12. The highest BCUT2D eigenvalue weighted by molar-refractivity contribution is 7.99. The number of thioether (sulfide) groups is 1. The fraction of sp³-hybridized carbons (Fsp3) is 0.278. The molecule has 0 spiro atoms. The maximum absolute atomic E-state index is 12.6. The van der Waals surface area contributed by atoms with E-state index in [2.05, 4.69) is 35.9 Å². The Morgan fingerprint density at radius 1 is 1.32 bits per heavy atom. The van der Waals surface area contributed by atoms with Gasteiger partial charge in [0, 0.05) is 23.1 Å². The smallest absolute Gasteiger partial charge is 0.260 e. The highest BCUT2D eigenvalue weighted by Crippen LogP contribution is 2.32. The van der Waals surface area contributed by atoms with Crippen LogP contribution in [0.5, 0.6) is 0 Å². The van der Waals surface area contributed by atoms with Crippen molar-refractivity contribution in [1.82, 2.24) is 9.97 Å². The molecule has 0 aliphatic heterocycles. The molecule has 2 aromatic heterocycles. The molecule has 1 aromatic carbocycles. The summed E-state index contributed by atoms with van der Waals surface area (Å²) in [5.41, 5.74) is 9.37. The molecule has 2 heterocycles. The first-order chi connectivity index (χ1) is 12.0. The Kier molecular flexibility index (Phi) is 5.24. The van der Waals surface area contributed by atoms with Gasteiger partial charge in [-0.2, -0.15) is 0 Å². The lowest BCUT2D eigenvalue weighted by atomic mass is 10.0. The highest BCUT2D eigenvalue weighted by atomic mass is 32.2. The maximum atomic E-state index is 12.6. The van der Waals surface area contributed by atoms with E-state index >= 15 is 0 Å². The van der Waals surface area contributed by atoms with Crippen LogP contribution in [0.15, 0.2) is 33.5 Å². The van der Waals surface area contributed by atoms with Gasteiger partial charge in [0.15, 0.2) is 5.16 Å². The van der Waals surface area contributed by atoms with Crippen molar-refractivity contribution in [2.45, 2.75) is 31.8 Å². The van der Waals surface area contributed by atoms with E-state index in [0.717, 1.165) is 16.0 Å². The Labute approximate surface area is 153 Å². The molecule has 3 N–H and O–H groups in total. The number of benzene rings is 1. The maximum Gasteiger partial charge on any atom is 0.260 e. The van der Waals surface area contributed by atoms with Crippen molar-refractivity contribution in [2.75, 3.05) is 5.75 Å². The number of carbonyl (C=O) groups is 1. The van der Waals surface area contributed by atoms with E-state index in [1.165, 1.54) is 34.2 Å². The number of hydrogen-bond donors (Lipinski definition) is 2. The number of thiophene rings is 1. The minimum absolute atomic E-state index is 0.128. The fourth-order valence-corrected chi connectivity index (χ4v) is 4.34. The quantitative estimate of drug-likeness (QED) is 0.392. The van der Waals surface area contributed by atoms with Crippen molar-refractivity contribution in [3.63, 3.8) is 0 Å². The van der Waals surface area contributed by atoms with E-state index in [1.54, 1.807) is 0 Å². The molecule has 5 nitrogen and oxygen atoms in total. The molecule has 0 bridgehead atoms. The van der Waals surface area contributed by atoms with E-state index in [-0.39, 0.29) is 11.5 Å². The van der Waals surface area contributed by atoms with Crippen molar-refractivity contribution in [3.8, 4) is 11.1 Å². The van der Waals surface area contributed by atoms with Crippen LogP contribution in [0.2, 0.25) is 0 Å². The van der Waals surface area contributed by atoms with Gasteiger partial charge in [0.25, 0.3) is 5.56 Å². The number of carbonyl (C=O) groups excluding carboxylic acids is 1. The van der Waals surface area contributed by atoms with Crippen molar-refractivity contribution in [3.05, 3.63) is 45.1 Å². The van der Waals surface area contributed by atoms with Crippen LogP contribution in [-0.2, 0) is 4.79 Å². The third-order valence-corrected chi connectivity index (χ3v) is 5.88. The third-order valence-electron chi connectivity index (χ3n) is 4.05. The molecule has 130 valence electrons. The van der Waals surface area contributed by atoms with Gasteiger partial charge in [-0.3, -0.25) is 9.59 Å². The number of aromatic amines is 1. The monoisotopic (exact) mass is 373 g/mol. The summed E-state index contributed by atoms with van der Waals surface area (Å²) in [6.07, 6.45) is 1.01. The van der Waals surface area contributed by atoms with Gasteiger partial charge in [0.1, 0.15) is 4.83 Å². The number of primary amides is 1. The summed E-state index contributed by atoms with van der Waals surface area (Å²) in [5.74, 6) is 0.376. The lowest BCUT2D eigenvalue weighted by molar-refractivity contribution is -0.118. The summed E-state index contributed by atoms with van der Waals surface area (Å²) in [5, 5.41) is 3.20. The largest absolute Gasteiger partial charge is 0.370 e. The molecule has 0 atom stereocenters. The molecule has 1 amide bonds. The van der Waals surface area contributed by atoms with Gasteiger partial charge < -0.3 is 10.7 Å². The van der Waals surface area contributed by atoms with Gasteiger partial charge >= 0.3 is 0 Å². The lowest BCUT2D eigenvalue weighted by Gasteiger charge is -2.05. The van der Waals surface area contributed by atoms with Crippen LogP contribution in [0.3, 0.4) is 0 Å². The highest BCUT2D eigenvalue weighted by Gasteiger charge is 2.13. The topological polar surface area (TPSA) is 88.8 Å².